The van der Waals surface area contributed by atoms with Gasteiger partial charge in [-0.2, -0.15) is 13.2 Å². The molecule has 126 valence electrons. The monoisotopic (exact) mass is 356 g/mol. The topological polar surface area (TPSA) is 15.3 Å². The number of piperazine rings is 1. The Hall–Kier alpha value is -0.490. The van der Waals surface area contributed by atoms with Crippen molar-refractivity contribution in [1.82, 2.24) is 10.2 Å². The minimum Gasteiger partial charge on any atom is -0.314 e. The summed E-state index contributed by atoms with van der Waals surface area (Å²) in [6.45, 7) is 3.87. The lowest BCUT2D eigenvalue weighted by Gasteiger charge is -2.35. The van der Waals surface area contributed by atoms with Gasteiger partial charge in [-0.25, -0.2) is 0 Å². The second kappa shape index (κ2) is 7.86. The minimum absolute atomic E-state index is 0. The maximum absolute atomic E-state index is 12.6. The van der Waals surface area contributed by atoms with Gasteiger partial charge in [-0.05, 0) is 36.5 Å². The minimum atomic E-state index is -4.25. The van der Waals surface area contributed by atoms with Crippen molar-refractivity contribution in [1.29, 1.82) is 0 Å². The molecule has 2 aliphatic rings. The molecule has 1 aromatic carbocycles. The highest BCUT2D eigenvalue weighted by molar-refractivity contribution is 5.85. The van der Waals surface area contributed by atoms with E-state index in [-0.39, 0.29) is 24.8 Å². The summed E-state index contributed by atoms with van der Waals surface area (Å²) in [4.78, 5) is 2.41. The van der Waals surface area contributed by atoms with Gasteiger partial charge in [0.05, 0.1) is 5.56 Å². The predicted molar refractivity (Wildman–Crippen MR) is 85.8 cm³/mol. The number of rotatable bonds is 3. The first-order chi connectivity index (χ1) is 9.55. The largest absolute Gasteiger partial charge is 0.416 e. The zero-order valence-electron chi connectivity index (χ0n) is 12.1. The van der Waals surface area contributed by atoms with E-state index in [9.17, 15) is 13.2 Å². The standard InChI is InChI=1S/C15H19F3N2.2ClH/c16-15(17,18)13-5-3-12(4-6-13)14(11-1-2-11)20-9-7-19-8-10-20;;/h3-6,11,14,19H,1-2,7-10H2;2*1H/t14-;;/m1../s1. The summed E-state index contributed by atoms with van der Waals surface area (Å²) in [6.07, 6.45) is -1.87. The molecule has 2 fully saturated rings. The van der Waals surface area contributed by atoms with Gasteiger partial charge in [0.2, 0.25) is 0 Å². The lowest BCUT2D eigenvalue weighted by Crippen LogP contribution is -2.45. The van der Waals surface area contributed by atoms with E-state index >= 15 is 0 Å². The first kappa shape index (κ1) is 19.6. The Kier molecular flexibility index (Phi) is 6.99. The van der Waals surface area contributed by atoms with Crippen molar-refractivity contribution >= 4 is 24.8 Å². The predicted octanol–water partition coefficient (Wildman–Crippen LogP) is 3.91. The Labute approximate surface area is 141 Å². The van der Waals surface area contributed by atoms with Gasteiger partial charge in [-0.1, -0.05) is 12.1 Å². The van der Waals surface area contributed by atoms with Crippen molar-refractivity contribution in [3.05, 3.63) is 35.4 Å². The molecule has 7 heteroatoms. The van der Waals surface area contributed by atoms with Crippen LogP contribution in [0.15, 0.2) is 24.3 Å². The number of halogens is 5. The molecule has 1 aliphatic heterocycles. The highest BCUT2D eigenvalue weighted by Crippen LogP contribution is 2.45. The Balaban J connectivity index is 0.00000121. The quantitative estimate of drug-likeness (QED) is 0.883. The average molecular weight is 357 g/mol. The Bertz CT molecular complexity index is 455. The van der Waals surface area contributed by atoms with E-state index in [1.54, 1.807) is 12.1 Å². The number of hydrogen-bond acceptors (Lipinski definition) is 2. The summed E-state index contributed by atoms with van der Waals surface area (Å²) in [5, 5.41) is 3.32. The Morgan fingerprint density at radius 2 is 1.55 bits per heavy atom. The highest BCUT2D eigenvalue weighted by Gasteiger charge is 2.37. The van der Waals surface area contributed by atoms with Crippen LogP contribution >= 0.6 is 24.8 Å². The lowest BCUT2D eigenvalue weighted by atomic mass is 9.98. The first-order valence-electron chi connectivity index (χ1n) is 7.17. The molecular weight excluding hydrogens is 336 g/mol. The van der Waals surface area contributed by atoms with E-state index in [0.717, 1.165) is 31.7 Å². The third-order valence-corrected chi connectivity index (χ3v) is 4.19. The molecule has 0 aromatic heterocycles. The van der Waals surface area contributed by atoms with Crippen molar-refractivity contribution in [3.63, 3.8) is 0 Å². The van der Waals surface area contributed by atoms with Crippen LogP contribution in [0.25, 0.3) is 0 Å². The molecule has 0 bridgehead atoms. The molecule has 22 heavy (non-hydrogen) atoms. The van der Waals surface area contributed by atoms with Gasteiger partial charge in [0.15, 0.2) is 0 Å². The molecule has 2 nitrogen and oxygen atoms in total. The van der Waals surface area contributed by atoms with Gasteiger partial charge in [-0.3, -0.25) is 4.90 Å². The van der Waals surface area contributed by atoms with E-state index in [4.69, 9.17) is 0 Å². The fourth-order valence-corrected chi connectivity index (χ4v) is 3.02. The van der Waals surface area contributed by atoms with Gasteiger partial charge < -0.3 is 5.32 Å². The van der Waals surface area contributed by atoms with Crippen LogP contribution in [0.5, 0.6) is 0 Å². The molecular formula is C15H21Cl2F3N2. The van der Waals surface area contributed by atoms with E-state index < -0.39 is 11.7 Å². The van der Waals surface area contributed by atoms with Crippen molar-refractivity contribution in [2.24, 2.45) is 5.92 Å². The number of nitrogens with one attached hydrogen (secondary N) is 1. The first-order valence-corrected chi connectivity index (χ1v) is 7.17. The Morgan fingerprint density at radius 3 is 2.00 bits per heavy atom. The number of benzene rings is 1. The smallest absolute Gasteiger partial charge is 0.314 e. The fourth-order valence-electron chi connectivity index (χ4n) is 3.02. The van der Waals surface area contributed by atoms with Crippen LogP contribution in [0.1, 0.15) is 30.0 Å². The van der Waals surface area contributed by atoms with Crippen LogP contribution in [0.4, 0.5) is 13.2 Å². The van der Waals surface area contributed by atoms with Crippen LogP contribution < -0.4 is 5.32 Å². The molecule has 1 aromatic rings. The third-order valence-electron chi connectivity index (χ3n) is 4.19. The molecule has 0 radical (unpaired) electrons. The zero-order valence-corrected chi connectivity index (χ0v) is 13.7. The SMILES string of the molecule is Cl.Cl.FC(F)(F)c1ccc([C@@H](C2CC2)N2CCNCC2)cc1. The van der Waals surface area contributed by atoms with E-state index in [1.807, 2.05) is 0 Å². The van der Waals surface area contributed by atoms with Gasteiger partial charge in [-0.15, -0.1) is 24.8 Å². The fraction of sp³-hybridized carbons (Fsp3) is 0.600. The maximum atomic E-state index is 12.6. The normalized spacial score (nSPS) is 20.7. The Morgan fingerprint density at radius 1 is 1.00 bits per heavy atom. The van der Waals surface area contributed by atoms with Crippen LogP contribution in [0, 0.1) is 5.92 Å². The second-order valence-corrected chi connectivity index (χ2v) is 5.69. The summed E-state index contributed by atoms with van der Waals surface area (Å²) >= 11 is 0. The summed E-state index contributed by atoms with van der Waals surface area (Å²) in [5.74, 6) is 0.616. The lowest BCUT2D eigenvalue weighted by molar-refractivity contribution is -0.137. The molecule has 1 saturated heterocycles. The molecule has 0 amide bonds. The third kappa shape index (κ3) is 4.51. The average Bonchev–Trinajstić information content (AvgIpc) is 3.25. The van der Waals surface area contributed by atoms with Crippen molar-refractivity contribution in [2.45, 2.75) is 25.1 Å². The highest BCUT2D eigenvalue weighted by atomic mass is 35.5. The summed E-state index contributed by atoms with van der Waals surface area (Å²) in [5.41, 5.74) is 0.471. The van der Waals surface area contributed by atoms with Crippen LogP contribution in [-0.2, 0) is 6.18 Å². The maximum Gasteiger partial charge on any atom is 0.416 e. The molecule has 3 rings (SSSR count). The van der Waals surface area contributed by atoms with E-state index in [1.165, 1.54) is 25.0 Å². The molecule has 1 saturated carbocycles. The molecule has 0 unspecified atom stereocenters. The van der Waals surface area contributed by atoms with Crippen molar-refractivity contribution < 1.29 is 13.2 Å². The van der Waals surface area contributed by atoms with Crippen LogP contribution in [0.2, 0.25) is 0 Å². The molecule has 1 N–H and O–H groups in total. The van der Waals surface area contributed by atoms with Crippen LogP contribution in [-0.4, -0.2) is 31.1 Å². The van der Waals surface area contributed by atoms with E-state index in [2.05, 4.69) is 10.2 Å². The molecule has 1 heterocycles. The number of alkyl halides is 3. The molecule has 1 atom stereocenters. The van der Waals surface area contributed by atoms with Crippen molar-refractivity contribution in [3.8, 4) is 0 Å². The van der Waals surface area contributed by atoms with Gasteiger partial charge in [0.1, 0.15) is 0 Å². The number of nitrogens with zero attached hydrogens (tertiary/aromatic N) is 1. The zero-order chi connectivity index (χ0) is 14.2. The van der Waals surface area contributed by atoms with Crippen molar-refractivity contribution in [2.75, 3.05) is 26.2 Å². The summed E-state index contributed by atoms with van der Waals surface area (Å²) in [7, 11) is 0. The second-order valence-electron chi connectivity index (χ2n) is 5.69. The van der Waals surface area contributed by atoms with Gasteiger partial charge in [0.25, 0.3) is 0 Å². The summed E-state index contributed by atoms with van der Waals surface area (Å²) in [6, 6.07) is 6.04. The molecule has 1 aliphatic carbocycles. The van der Waals surface area contributed by atoms with Gasteiger partial charge in [0, 0.05) is 32.2 Å². The van der Waals surface area contributed by atoms with Gasteiger partial charge >= 0.3 is 6.18 Å². The van der Waals surface area contributed by atoms with Crippen LogP contribution in [0.3, 0.4) is 0 Å². The number of hydrogen-bond donors (Lipinski definition) is 1. The summed E-state index contributed by atoms with van der Waals surface area (Å²) < 4.78 is 37.9. The van der Waals surface area contributed by atoms with E-state index in [0.29, 0.717) is 12.0 Å². The molecule has 0 spiro atoms.